The molecule has 0 amide bonds. The average Bonchev–Trinajstić information content (AvgIpc) is 2.31. The first-order chi connectivity index (χ1) is 5.90. The van der Waals surface area contributed by atoms with E-state index in [0.29, 0.717) is 0 Å². The van der Waals surface area contributed by atoms with Crippen LogP contribution in [-0.2, 0) is 6.42 Å². The summed E-state index contributed by atoms with van der Waals surface area (Å²) >= 11 is 0. The van der Waals surface area contributed by atoms with Gasteiger partial charge in [0.1, 0.15) is 5.69 Å². The van der Waals surface area contributed by atoms with Crippen LogP contribution < -0.4 is 0 Å². The summed E-state index contributed by atoms with van der Waals surface area (Å²) in [6, 6.07) is 0. The second kappa shape index (κ2) is 3.04. The number of nitrogens with zero attached hydrogens (tertiary/aromatic N) is 2. The lowest BCUT2D eigenvalue weighted by Crippen LogP contribution is -2.14. The van der Waals surface area contributed by atoms with Crippen molar-refractivity contribution in [2.24, 2.45) is 0 Å². The van der Waals surface area contributed by atoms with Crippen molar-refractivity contribution in [2.45, 2.75) is 12.6 Å². The maximum absolute atomic E-state index is 11.8. The van der Waals surface area contributed by atoms with Gasteiger partial charge >= 0.3 is 12.1 Å². The van der Waals surface area contributed by atoms with Gasteiger partial charge in [-0.25, -0.2) is 4.79 Å². The number of aromatic nitrogens is 3. The zero-order valence-corrected chi connectivity index (χ0v) is 6.09. The molecular weight excluding hydrogens is 191 g/mol. The van der Waals surface area contributed by atoms with Crippen LogP contribution in [0.25, 0.3) is 0 Å². The Balaban J connectivity index is 2.89. The molecule has 1 rings (SSSR count). The fourth-order valence-corrected chi connectivity index (χ4v) is 0.737. The number of carboxylic acid groups (broad SMARTS) is 1. The highest BCUT2D eigenvalue weighted by Gasteiger charge is 2.32. The molecule has 5 nitrogen and oxygen atoms in total. The van der Waals surface area contributed by atoms with Crippen LogP contribution in [0, 0.1) is 0 Å². The molecule has 2 N–H and O–H groups in total. The summed E-state index contributed by atoms with van der Waals surface area (Å²) in [6.45, 7) is 0. The number of alkyl halides is 3. The molecule has 1 aromatic heterocycles. The number of nitrogens with one attached hydrogen (secondary N) is 1. The molecule has 8 heteroatoms. The van der Waals surface area contributed by atoms with E-state index in [1.54, 1.807) is 0 Å². The molecule has 0 aliphatic heterocycles. The van der Waals surface area contributed by atoms with Gasteiger partial charge in [-0.05, 0) is 0 Å². The summed E-state index contributed by atoms with van der Waals surface area (Å²) in [5, 5.41) is 16.3. The molecule has 0 atom stereocenters. The minimum atomic E-state index is -4.49. The Bertz CT molecular complexity index is 319. The fourth-order valence-electron chi connectivity index (χ4n) is 0.737. The van der Waals surface area contributed by atoms with Gasteiger partial charge in [-0.15, -0.1) is 5.10 Å². The highest BCUT2D eigenvalue weighted by Crippen LogP contribution is 2.20. The summed E-state index contributed by atoms with van der Waals surface area (Å²) in [5.41, 5.74) is -1.31. The first kappa shape index (κ1) is 9.49. The maximum Gasteiger partial charge on any atom is 0.394 e. The zero-order chi connectivity index (χ0) is 10.1. The Kier molecular flexibility index (Phi) is 2.22. The number of hydrogen-bond acceptors (Lipinski definition) is 3. The van der Waals surface area contributed by atoms with Crippen LogP contribution in [0.15, 0.2) is 0 Å². The van der Waals surface area contributed by atoms with Gasteiger partial charge in [-0.3, -0.25) is 0 Å². The van der Waals surface area contributed by atoms with Crippen LogP contribution >= 0.6 is 0 Å². The van der Waals surface area contributed by atoms with E-state index in [4.69, 9.17) is 5.11 Å². The zero-order valence-electron chi connectivity index (χ0n) is 6.09. The second-order valence-corrected chi connectivity index (χ2v) is 2.22. The van der Waals surface area contributed by atoms with Gasteiger partial charge in [0.2, 0.25) is 0 Å². The summed E-state index contributed by atoms with van der Waals surface area (Å²) in [5.74, 6) is -1.53. The SMILES string of the molecule is O=C(O)c1n[nH]nc1CC(F)(F)F. The van der Waals surface area contributed by atoms with Crippen LogP contribution in [0.1, 0.15) is 16.2 Å². The lowest BCUT2D eigenvalue weighted by Gasteiger charge is -2.02. The molecule has 0 fully saturated rings. The molecule has 0 spiro atoms. The van der Waals surface area contributed by atoms with E-state index < -0.39 is 30.0 Å². The predicted octanol–water partition coefficient (Wildman–Crippen LogP) is 0.608. The number of aromatic amines is 1. The molecule has 72 valence electrons. The fraction of sp³-hybridized carbons (Fsp3) is 0.400. The van der Waals surface area contributed by atoms with Crippen molar-refractivity contribution in [1.29, 1.82) is 0 Å². The average molecular weight is 195 g/mol. The number of rotatable bonds is 2. The molecular formula is C5H4F3N3O2. The first-order valence-electron chi connectivity index (χ1n) is 3.10. The van der Waals surface area contributed by atoms with Gasteiger partial charge in [0.25, 0.3) is 0 Å². The van der Waals surface area contributed by atoms with E-state index >= 15 is 0 Å². The molecule has 1 heterocycles. The number of aromatic carboxylic acids is 1. The normalized spacial score (nSPS) is 11.6. The maximum atomic E-state index is 11.8. The third-order valence-electron chi connectivity index (χ3n) is 1.19. The topological polar surface area (TPSA) is 78.9 Å². The molecule has 0 unspecified atom stereocenters. The monoisotopic (exact) mass is 195 g/mol. The minimum absolute atomic E-state index is 0.611. The standard InChI is InChI=1S/C5H4F3N3O2/c6-5(7,8)1-2-3(4(12)13)10-11-9-2/h1H2,(H,12,13)(H,9,10,11). The lowest BCUT2D eigenvalue weighted by atomic mass is 10.2. The van der Waals surface area contributed by atoms with E-state index in [1.807, 2.05) is 5.21 Å². The summed E-state index contributed by atoms with van der Waals surface area (Å²) in [4.78, 5) is 10.3. The van der Waals surface area contributed by atoms with Gasteiger partial charge in [-0.1, -0.05) is 0 Å². The van der Waals surface area contributed by atoms with Crippen LogP contribution in [0.3, 0.4) is 0 Å². The first-order valence-corrected chi connectivity index (χ1v) is 3.10. The van der Waals surface area contributed by atoms with E-state index in [9.17, 15) is 18.0 Å². The number of carbonyl (C=O) groups is 1. The van der Waals surface area contributed by atoms with Crippen LogP contribution in [-0.4, -0.2) is 32.7 Å². The number of hydrogen-bond donors (Lipinski definition) is 2. The number of H-pyrrole nitrogens is 1. The van der Waals surface area contributed by atoms with Crippen LogP contribution in [0.5, 0.6) is 0 Å². The van der Waals surface area contributed by atoms with Gasteiger partial charge < -0.3 is 5.11 Å². The molecule has 0 bridgehead atoms. The summed E-state index contributed by atoms with van der Waals surface area (Å²) in [7, 11) is 0. The van der Waals surface area contributed by atoms with Gasteiger partial charge in [0.05, 0.1) is 6.42 Å². The molecule has 0 saturated carbocycles. The summed E-state index contributed by atoms with van der Waals surface area (Å²) < 4.78 is 35.4. The quantitative estimate of drug-likeness (QED) is 0.724. The number of halogens is 3. The molecule has 0 aromatic carbocycles. The van der Waals surface area contributed by atoms with Crippen LogP contribution in [0.4, 0.5) is 13.2 Å². The third-order valence-corrected chi connectivity index (χ3v) is 1.19. The van der Waals surface area contributed by atoms with E-state index in [-0.39, 0.29) is 0 Å². The highest BCUT2D eigenvalue weighted by molar-refractivity contribution is 5.86. The largest absolute Gasteiger partial charge is 0.476 e. The lowest BCUT2D eigenvalue weighted by molar-refractivity contribution is -0.127. The molecule has 0 aliphatic carbocycles. The number of carboxylic acids is 1. The second-order valence-electron chi connectivity index (χ2n) is 2.22. The van der Waals surface area contributed by atoms with Crippen molar-refractivity contribution in [3.8, 4) is 0 Å². The molecule has 0 aliphatic rings. The van der Waals surface area contributed by atoms with Crippen molar-refractivity contribution in [3.63, 3.8) is 0 Å². The Morgan fingerprint density at radius 1 is 1.46 bits per heavy atom. The Hall–Kier alpha value is -1.60. The Morgan fingerprint density at radius 2 is 2.08 bits per heavy atom. The Morgan fingerprint density at radius 3 is 2.54 bits per heavy atom. The Labute approximate surface area is 69.6 Å². The van der Waals surface area contributed by atoms with E-state index in [2.05, 4.69) is 10.2 Å². The van der Waals surface area contributed by atoms with Gasteiger partial charge in [0.15, 0.2) is 5.69 Å². The van der Waals surface area contributed by atoms with E-state index in [1.165, 1.54) is 0 Å². The van der Waals surface area contributed by atoms with Gasteiger partial charge in [0, 0.05) is 0 Å². The van der Waals surface area contributed by atoms with Crippen molar-refractivity contribution in [2.75, 3.05) is 0 Å². The smallest absolute Gasteiger partial charge is 0.394 e. The van der Waals surface area contributed by atoms with Crippen molar-refractivity contribution in [1.82, 2.24) is 15.4 Å². The summed E-state index contributed by atoms with van der Waals surface area (Å²) in [6.07, 6.45) is -5.88. The molecule has 0 saturated heterocycles. The van der Waals surface area contributed by atoms with Crippen molar-refractivity contribution in [3.05, 3.63) is 11.4 Å². The van der Waals surface area contributed by atoms with Gasteiger partial charge in [-0.2, -0.15) is 23.5 Å². The molecule has 13 heavy (non-hydrogen) atoms. The van der Waals surface area contributed by atoms with Crippen molar-refractivity contribution >= 4 is 5.97 Å². The predicted molar refractivity (Wildman–Crippen MR) is 33.1 cm³/mol. The van der Waals surface area contributed by atoms with E-state index in [0.717, 1.165) is 0 Å². The molecule has 1 aromatic rings. The molecule has 0 radical (unpaired) electrons. The third kappa shape index (κ3) is 2.42. The highest BCUT2D eigenvalue weighted by atomic mass is 19.4. The van der Waals surface area contributed by atoms with Crippen molar-refractivity contribution < 1.29 is 23.1 Å². The minimum Gasteiger partial charge on any atom is -0.476 e. The van der Waals surface area contributed by atoms with Crippen LogP contribution in [0.2, 0.25) is 0 Å².